The molecular weight excluding hydrogens is 410 g/mol. The van der Waals surface area contributed by atoms with Crippen LogP contribution < -0.4 is 10.0 Å². The summed E-state index contributed by atoms with van der Waals surface area (Å²) in [5.74, 6) is 0.874. The molecule has 0 bridgehead atoms. The average Bonchev–Trinajstić information content (AvgIpc) is 2.82. The first-order valence-corrected chi connectivity index (χ1v) is 12.2. The van der Waals surface area contributed by atoms with E-state index in [2.05, 4.69) is 62.1 Å². The summed E-state index contributed by atoms with van der Waals surface area (Å²) in [6.07, 6.45) is 1.09. The van der Waals surface area contributed by atoms with Crippen molar-refractivity contribution in [3.05, 3.63) is 65.7 Å². The van der Waals surface area contributed by atoms with E-state index in [-0.39, 0.29) is 4.90 Å². The summed E-state index contributed by atoms with van der Waals surface area (Å²) < 4.78 is 26.1. The number of hydrogen-bond donors (Lipinski definition) is 2. The Kier molecular flexibility index (Phi) is 8.06. The summed E-state index contributed by atoms with van der Waals surface area (Å²) in [6, 6.07) is 18.1. The molecule has 0 aromatic heterocycles. The number of benzene rings is 2. The van der Waals surface area contributed by atoms with Gasteiger partial charge in [0.1, 0.15) is 0 Å². The first-order valence-electron chi connectivity index (χ1n) is 10.8. The van der Waals surface area contributed by atoms with Gasteiger partial charge in [-0.3, -0.25) is 9.89 Å². The van der Waals surface area contributed by atoms with E-state index in [4.69, 9.17) is 0 Å². The highest BCUT2D eigenvalue weighted by Gasteiger charge is 2.25. The van der Waals surface area contributed by atoms with E-state index in [1.807, 2.05) is 12.1 Å². The van der Waals surface area contributed by atoms with E-state index in [1.165, 1.54) is 12.6 Å². The van der Waals surface area contributed by atoms with E-state index in [1.54, 1.807) is 19.2 Å². The molecule has 8 heteroatoms. The second-order valence-corrected chi connectivity index (χ2v) is 9.50. The number of aliphatic imine (C=N–C) groups is 1. The van der Waals surface area contributed by atoms with Crippen molar-refractivity contribution >= 4 is 16.0 Å². The standard InChI is InChI=1S/C23H33N5O2S/c1-4-22(20-8-6-5-7-9-20)27-14-16-28(17-15-27)23(24-2)26-18-19-10-12-21(13-11-19)31(29,30)25-3/h5-13,22,25H,4,14-18H2,1-3H3,(H,24,26). The van der Waals surface area contributed by atoms with Crippen LogP contribution in [0, 0.1) is 0 Å². The molecule has 1 saturated heterocycles. The second-order valence-electron chi connectivity index (χ2n) is 7.61. The van der Waals surface area contributed by atoms with E-state index < -0.39 is 10.0 Å². The molecule has 2 aromatic carbocycles. The normalized spacial score (nSPS) is 16.9. The largest absolute Gasteiger partial charge is 0.352 e. The van der Waals surface area contributed by atoms with Gasteiger partial charge >= 0.3 is 0 Å². The second kappa shape index (κ2) is 10.7. The Morgan fingerprint density at radius 3 is 2.23 bits per heavy atom. The molecule has 0 spiro atoms. The summed E-state index contributed by atoms with van der Waals surface area (Å²) >= 11 is 0. The lowest BCUT2D eigenvalue weighted by molar-refractivity contribution is 0.127. The van der Waals surface area contributed by atoms with Crippen LogP contribution >= 0.6 is 0 Å². The lowest BCUT2D eigenvalue weighted by Crippen LogP contribution is -2.52. The maximum atomic E-state index is 11.9. The minimum absolute atomic E-state index is 0.267. The number of guanidine groups is 1. The van der Waals surface area contributed by atoms with Gasteiger partial charge in [0.05, 0.1) is 4.90 Å². The van der Waals surface area contributed by atoms with Gasteiger partial charge in [0, 0.05) is 45.8 Å². The molecule has 1 atom stereocenters. The van der Waals surface area contributed by atoms with Crippen LogP contribution in [-0.2, 0) is 16.6 Å². The summed E-state index contributed by atoms with van der Waals surface area (Å²) in [7, 11) is -0.194. The Balaban J connectivity index is 1.55. The van der Waals surface area contributed by atoms with Crippen LogP contribution in [0.1, 0.15) is 30.5 Å². The quantitative estimate of drug-likeness (QED) is 0.508. The molecule has 2 aromatic rings. The van der Waals surface area contributed by atoms with Crippen LogP contribution in [0.4, 0.5) is 0 Å². The molecule has 0 amide bonds. The van der Waals surface area contributed by atoms with Crippen molar-refractivity contribution in [1.82, 2.24) is 19.8 Å². The molecule has 1 unspecified atom stereocenters. The Labute approximate surface area is 186 Å². The lowest BCUT2D eigenvalue weighted by Gasteiger charge is -2.40. The molecule has 1 fully saturated rings. The Hall–Kier alpha value is -2.42. The van der Waals surface area contributed by atoms with Gasteiger partial charge < -0.3 is 10.2 Å². The third-order valence-corrected chi connectivity index (χ3v) is 7.22. The zero-order valence-corrected chi connectivity index (χ0v) is 19.4. The van der Waals surface area contributed by atoms with Crippen molar-refractivity contribution < 1.29 is 8.42 Å². The van der Waals surface area contributed by atoms with E-state index in [0.29, 0.717) is 12.6 Å². The number of hydrogen-bond acceptors (Lipinski definition) is 4. The molecule has 0 saturated carbocycles. The SMILES string of the molecule is CCC(c1ccccc1)N1CCN(C(=NC)NCc2ccc(S(=O)(=O)NC)cc2)CC1. The van der Waals surface area contributed by atoms with Gasteiger partial charge in [0.15, 0.2) is 5.96 Å². The fourth-order valence-electron chi connectivity index (χ4n) is 4.04. The first-order chi connectivity index (χ1) is 15.0. The average molecular weight is 444 g/mol. The molecule has 168 valence electrons. The van der Waals surface area contributed by atoms with Crippen LogP contribution in [0.15, 0.2) is 64.5 Å². The van der Waals surface area contributed by atoms with Crippen LogP contribution in [0.3, 0.4) is 0 Å². The van der Waals surface area contributed by atoms with Gasteiger partial charge in [-0.1, -0.05) is 49.4 Å². The molecule has 1 aliphatic rings. The van der Waals surface area contributed by atoms with Crippen molar-refractivity contribution in [2.45, 2.75) is 30.8 Å². The van der Waals surface area contributed by atoms with Crippen molar-refractivity contribution in [2.75, 3.05) is 40.3 Å². The van der Waals surface area contributed by atoms with E-state index in [9.17, 15) is 8.42 Å². The van der Waals surface area contributed by atoms with Crippen molar-refractivity contribution in [3.63, 3.8) is 0 Å². The number of rotatable bonds is 7. The molecule has 2 N–H and O–H groups in total. The third kappa shape index (κ3) is 5.84. The molecule has 31 heavy (non-hydrogen) atoms. The molecule has 1 heterocycles. The fraction of sp³-hybridized carbons (Fsp3) is 0.435. The first kappa shape index (κ1) is 23.2. The molecule has 3 rings (SSSR count). The van der Waals surface area contributed by atoms with Gasteiger partial charge in [0.25, 0.3) is 0 Å². The van der Waals surface area contributed by atoms with Gasteiger partial charge in [-0.05, 0) is 36.7 Å². The predicted molar refractivity (Wildman–Crippen MR) is 126 cm³/mol. The highest BCUT2D eigenvalue weighted by atomic mass is 32.2. The molecule has 1 aliphatic heterocycles. The van der Waals surface area contributed by atoms with E-state index >= 15 is 0 Å². The fourth-order valence-corrected chi connectivity index (χ4v) is 4.77. The van der Waals surface area contributed by atoms with Gasteiger partial charge in [0.2, 0.25) is 10.0 Å². The maximum Gasteiger partial charge on any atom is 0.240 e. The van der Waals surface area contributed by atoms with Crippen molar-refractivity contribution in [3.8, 4) is 0 Å². The summed E-state index contributed by atoms with van der Waals surface area (Å²) in [6.45, 7) is 6.66. The Bertz CT molecular complexity index is 953. The summed E-state index contributed by atoms with van der Waals surface area (Å²) in [4.78, 5) is 9.56. The monoisotopic (exact) mass is 443 g/mol. The van der Waals surface area contributed by atoms with Crippen LogP contribution in [0.25, 0.3) is 0 Å². The molecular formula is C23H33N5O2S. The third-order valence-electron chi connectivity index (χ3n) is 5.79. The number of nitrogens with zero attached hydrogens (tertiary/aromatic N) is 3. The van der Waals surface area contributed by atoms with Crippen LogP contribution in [0.5, 0.6) is 0 Å². The van der Waals surface area contributed by atoms with E-state index in [0.717, 1.165) is 44.1 Å². The minimum Gasteiger partial charge on any atom is -0.352 e. The summed E-state index contributed by atoms with van der Waals surface area (Å²) in [5.41, 5.74) is 2.38. The Morgan fingerprint density at radius 2 is 1.68 bits per heavy atom. The maximum absolute atomic E-state index is 11.9. The molecule has 0 radical (unpaired) electrons. The number of piperazine rings is 1. The Morgan fingerprint density at radius 1 is 1.03 bits per heavy atom. The van der Waals surface area contributed by atoms with Gasteiger partial charge in [-0.2, -0.15) is 0 Å². The van der Waals surface area contributed by atoms with Crippen molar-refractivity contribution in [1.29, 1.82) is 0 Å². The smallest absolute Gasteiger partial charge is 0.240 e. The predicted octanol–water partition coefficient (Wildman–Crippen LogP) is 2.44. The number of nitrogens with one attached hydrogen (secondary N) is 2. The zero-order valence-electron chi connectivity index (χ0n) is 18.6. The molecule has 0 aliphatic carbocycles. The van der Waals surface area contributed by atoms with Gasteiger partial charge in [-0.25, -0.2) is 13.1 Å². The highest BCUT2D eigenvalue weighted by Crippen LogP contribution is 2.25. The van der Waals surface area contributed by atoms with Crippen LogP contribution in [0.2, 0.25) is 0 Å². The van der Waals surface area contributed by atoms with Gasteiger partial charge in [-0.15, -0.1) is 0 Å². The van der Waals surface area contributed by atoms with Crippen molar-refractivity contribution in [2.24, 2.45) is 4.99 Å². The van der Waals surface area contributed by atoms with Crippen LogP contribution in [-0.4, -0.2) is 64.5 Å². The lowest BCUT2D eigenvalue weighted by atomic mass is 10.0. The zero-order chi connectivity index (χ0) is 22.3. The number of sulfonamides is 1. The topological polar surface area (TPSA) is 77.0 Å². The minimum atomic E-state index is -3.41. The highest BCUT2D eigenvalue weighted by molar-refractivity contribution is 7.89. The molecule has 7 nitrogen and oxygen atoms in total. The summed E-state index contributed by atoms with van der Waals surface area (Å²) in [5, 5.41) is 3.41.